The highest BCUT2D eigenvalue weighted by Gasteiger charge is 2.37. The van der Waals surface area contributed by atoms with Crippen molar-refractivity contribution in [1.29, 1.82) is 0 Å². The number of rotatable bonds is 6. The average molecular weight is 516 g/mol. The highest BCUT2D eigenvalue weighted by Crippen LogP contribution is 2.41. The summed E-state index contributed by atoms with van der Waals surface area (Å²) in [6.07, 6.45) is 0.528. The summed E-state index contributed by atoms with van der Waals surface area (Å²) in [7, 11) is 2.10. The van der Waals surface area contributed by atoms with E-state index in [1.807, 2.05) is 37.1 Å². The van der Waals surface area contributed by atoms with Gasteiger partial charge in [0.05, 0.1) is 11.4 Å². The first-order chi connectivity index (χ1) is 17.4. The molecule has 1 amide bonds. The van der Waals surface area contributed by atoms with Gasteiger partial charge in [-0.2, -0.15) is 0 Å². The maximum atomic E-state index is 13.0. The normalized spacial score (nSPS) is 20.1. The van der Waals surface area contributed by atoms with Crippen LogP contribution in [0.1, 0.15) is 36.7 Å². The lowest BCUT2D eigenvalue weighted by atomic mass is 9.79. The van der Waals surface area contributed by atoms with E-state index in [0.29, 0.717) is 0 Å². The molecular formula is C26H33N3O8. The average Bonchev–Trinajstić information content (AvgIpc) is 3.24. The molecular weight excluding hydrogens is 482 g/mol. The van der Waals surface area contributed by atoms with Gasteiger partial charge in [0.25, 0.3) is 0 Å². The van der Waals surface area contributed by atoms with Crippen molar-refractivity contribution >= 4 is 40.2 Å². The number of carbonyl (C=O) groups is 4. The molecule has 4 rings (SSSR count). The van der Waals surface area contributed by atoms with Crippen LogP contribution < -0.4 is 0 Å². The number of aliphatic carboxylic acids is 2. The topological polar surface area (TPSA) is 161 Å². The third kappa shape index (κ3) is 5.43. The second kappa shape index (κ2) is 11.2. The number of hydrogen-bond donors (Lipinski definition) is 4. The van der Waals surface area contributed by atoms with Crippen LogP contribution in [0.2, 0.25) is 0 Å². The molecule has 11 nitrogen and oxygen atoms in total. The lowest BCUT2D eigenvalue weighted by Crippen LogP contribution is -2.47. The van der Waals surface area contributed by atoms with E-state index >= 15 is 0 Å². The minimum atomic E-state index is -2.27. The Balaban J connectivity index is 0.000000325. The summed E-state index contributed by atoms with van der Waals surface area (Å²) in [6.45, 7) is 7.88. The Morgan fingerprint density at radius 1 is 1.05 bits per heavy atom. The van der Waals surface area contributed by atoms with Crippen LogP contribution in [0.15, 0.2) is 30.5 Å². The molecule has 0 unspecified atom stereocenters. The molecule has 1 aliphatic carbocycles. The van der Waals surface area contributed by atoms with E-state index in [0.717, 1.165) is 31.6 Å². The van der Waals surface area contributed by atoms with Crippen molar-refractivity contribution in [2.24, 2.45) is 5.92 Å². The van der Waals surface area contributed by atoms with Crippen LogP contribution in [0.4, 0.5) is 0 Å². The Hall–Kier alpha value is -3.54. The first-order valence-electron chi connectivity index (χ1n) is 12.1. The van der Waals surface area contributed by atoms with Crippen LogP contribution in [0.25, 0.3) is 16.5 Å². The summed E-state index contributed by atoms with van der Waals surface area (Å²) in [6, 6.07) is 6.41. The van der Waals surface area contributed by atoms with Gasteiger partial charge in [-0.15, -0.1) is 0 Å². The molecule has 4 N–H and O–H groups in total. The summed E-state index contributed by atoms with van der Waals surface area (Å²) in [5.41, 5.74) is 4.59. The molecule has 0 saturated heterocycles. The Bertz CT molecular complexity index is 1230. The monoisotopic (exact) mass is 515 g/mol. The number of aliphatic hydroxyl groups excluding tert-OH is 2. The third-order valence-corrected chi connectivity index (χ3v) is 6.93. The fourth-order valence-electron chi connectivity index (χ4n) is 5.01. The zero-order valence-electron chi connectivity index (χ0n) is 21.3. The van der Waals surface area contributed by atoms with Crippen LogP contribution >= 0.6 is 0 Å². The summed E-state index contributed by atoms with van der Waals surface area (Å²) >= 11 is 0. The van der Waals surface area contributed by atoms with Gasteiger partial charge in [-0.3, -0.25) is 19.1 Å². The number of amides is 1. The number of hydrogen-bond acceptors (Lipinski definition) is 7. The van der Waals surface area contributed by atoms with Gasteiger partial charge < -0.3 is 25.3 Å². The molecule has 2 aliphatic rings. The Labute approximate surface area is 214 Å². The van der Waals surface area contributed by atoms with E-state index in [9.17, 15) is 19.2 Å². The number of benzene rings is 1. The molecule has 1 aromatic carbocycles. The van der Waals surface area contributed by atoms with Gasteiger partial charge in [-0.05, 0) is 50.1 Å². The molecule has 0 saturated carbocycles. The molecule has 1 aromatic heterocycles. The van der Waals surface area contributed by atoms with Crippen molar-refractivity contribution in [2.75, 3.05) is 26.7 Å². The molecule has 200 valence electrons. The zero-order chi connectivity index (χ0) is 27.6. The molecule has 4 atom stereocenters. The number of carbonyl (C=O) groups excluding carboxylic acids is 2. The highest BCUT2D eigenvalue weighted by molar-refractivity contribution is 6.03. The van der Waals surface area contributed by atoms with E-state index in [4.69, 9.17) is 20.4 Å². The number of carboxylic acid groups (broad SMARTS) is 2. The van der Waals surface area contributed by atoms with Gasteiger partial charge in [0.15, 0.2) is 12.2 Å². The lowest BCUT2D eigenvalue weighted by Gasteiger charge is -2.40. The van der Waals surface area contributed by atoms with Crippen LogP contribution in [-0.2, 0) is 20.8 Å². The minimum absolute atomic E-state index is 0.0326. The molecule has 11 heteroatoms. The van der Waals surface area contributed by atoms with E-state index in [1.165, 1.54) is 22.1 Å². The van der Waals surface area contributed by atoms with Gasteiger partial charge in [0.1, 0.15) is 0 Å². The van der Waals surface area contributed by atoms with E-state index < -0.39 is 24.1 Å². The van der Waals surface area contributed by atoms with E-state index in [1.54, 1.807) is 11.5 Å². The van der Waals surface area contributed by atoms with Crippen molar-refractivity contribution in [3.8, 4) is 0 Å². The van der Waals surface area contributed by atoms with Crippen molar-refractivity contribution in [2.45, 2.75) is 45.4 Å². The molecule has 2 heterocycles. The highest BCUT2D eigenvalue weighted by atomic mass is 16.4. The fourth-order valence-corrected chi connectivity index (χ4v) is 5.01. The number of carboxylic acids is 2. The SMILES string of the molecule is CCN(CC)C(=O)[C@@H]1C=C2c3cccc4c3c(cn4C(C)=O)C[C@H]2N(C)C1.O=C(O)[C@H](O)[C@@H](O)C(=O)O. The number of likely N-dealkylation sites (N-methyl/N-ethyl adjacent to an activating group) is 1. The standard InChI is InChI=1S/C22H27N3O2.C4H6O6/c1-5-24(6-2)22(27)16-10-18-17-8-7-9-19-21(17)15(13-25(19)14(3)26)11-20(18)23(4)12-16;5-1(3(7)8)2(6)4(9)10/h7-10,13,16,20H,5-6,11-12H2,1-4H3;1-2,5-6H,(H,7,8)(H,9,10)/t16-,20-;1-,2-/m11/s1. The second-order valence-electron chi connectivity index (χ2n) is 9.21. The Kier molecular flexibility index (Phi) is 8.52. The number of fused-ring (bicyclic) bond motifs is 2. The molecule has 1 aliphatic heterocycles. The molecule has 0 fully saturated rings. The van der Waals surface area contributed by atoms with Gasteiger partial charge in [0, 0.05) is 44.2 Å². The first-order valence-corrected chi connectivity index (χ1v) is 12.1. The lowest BCUT2D eigenvalue weighted by molar-refractivity contribution is -0.165. The smallest absolute Gasteiger partial charge is 0.335 e. The first kappa shape index (κ1) is 28.0. The van der Waals surface area contributed by atoms with E-state index in [-0.39, 0.29) is 23.8 Å². The van der Waals surface area contributed by atoms with Crippen molar-refractivity contribution in [3.63, 3.8) is 0 Å². The zero-order valence-corrected chi connectivity index (χ0v) is 21.3. The second-order valence-corrected chi connectivity index (χ2v) is 9.21. The summed E-state index contributed by atoms with van der Waals surface area (Å²) in [4.78, 5) is 48.8. The van der Waals surface area contributed by atoms with Crippen molar-refractivity contribution in [3.05, 3.63) is 41.6 Å². The van der Waals surface area contributed by atoms with Gasteiger partial charge in [-0.25, -0.2) is 9.59 Å². The molecule has 0 radical (unpaired) electrons. The maximum absolute atomic E-state index is 13.0. The fraction of sp³-hybridized carbons (Fsp3) is 0.462. The molecule has 37 heavy (non-hydrogen) atoms. The van der Waals surface area contributed by atoms with Crippen LogP contribution in [0.3, 0.4) is 0 Å². The van der Waals surface area contributed by atoms with Crippen LogP contribution in [0, 0.1) is 5.92 Å². The van der Waals surface area contributed by atoms with Gasteiger partial charge in [-0.1, -0.05) is 18.2 Å². The predicted octanol–water partition coefficient (Wildman–Crippen LogP) is 0.917. The summed E-state index contributed by atoms with van der Waals surface area (Å²) in [5.74, 6) is -3.42. The summed E-state index contributed by atoms with van der Waals surface area (Å²) < 4.78 is 1.75. The van der Waals surface area contributed by atoms with Crippen molar-refractivity contribution in [1.82, 2.24) is 14.4 Å². The number of aromatic nitrogens is 1. The maximum Gasteiger partial charge on any atom is 0.335 e. The van der Waals surface area contributed by atoms with Crippen LogP contribution in [-0.4, -0.2) is 103 Å². The number of nitrogens with zero attached hydrogens (tertiary/aromatic N) is 3. The predicted molar refractivity (Wildman–Crippen MR) is 135 cm³/mol. The number of aliphatic hydroxyl groups is 2. The molecule has 0 bridgehead atoms. The Morgan fingerprint density at radius 3 is 2.16 bits per heavy atom. The summed E-state index contributed by atoms with van der Waals surface area (Å²) in [5, 5.41) is 33.7. The van der Waals surface area contributed by atoms with Crippen molar-refractivity contribution < 1.29 is 39.6 Å². The largest absolute Gasteiger partial charge is 0.479 e. The molecule has 2 aromatic rings. The van der Waals surface area contributed by atoms with Gasteiger partial charge in [0.2, 0.25) is 11.8 Å². The third-order valence-electron chi connectivity index (χ3n) is 6.93. The van der Waals surface area contributed by atoms with Gasteiger partial charge >= 0.3 is 11.9 Å². The molecule has 0 spiro atoms. The van der Waals surface area contributed by atoms with Crippen LogP contribution in [0.5, 0.6) is 0 Å². The minimum Gasteiger partial charge on any atom is -0.479 e. The van der Waals surface area contributed by atoms with E-state index in [2.05, 4.69) is 24.1 Å². The Morgan fingerprint density at radius 2 is 1.65 bits per heavy atom. The quantitative estimate of drug-likeness (QED) is 0.438.